The van der Waals surface area contributed by atoms with Gasteiger partial charge in [0.15, 0.2) is 5.82 Å². The fraction of sp³-hybridized carbons (Fsp3) is 0.292. The average Bonchev–Trinajstić information content (AvgIpc) is 3.62. The molecule has 0 radical (unpaired) electrons. The molecule has 10 nitrogen and oxygen atoms in total. The number of hydrogen-bond acceptors (Lipinski definition) is 9. The lowest BCUT2D eigenvalue weighted by Gasteiger charge is -2.38. The van der Waals surface area contributed by atoms with Crippen molar-refractivity contribution in [3.8, 4) is 16.9 Å². The number of hydrogen-bond donors (Lipinski definition) is 2. The predicted octanol–water partition coefficient (Wildman–Crippen LogP) is 3.15. The van der Waals surface area contributed by atoms with E-state index < -0.39 is 42.6 Å². The number of ether oxygens (including phenoxy) is 1. The Kier molecular flexibility index (Phi) is 5.99. The second-order valence-electron chi connectivity index (χ2n) is 8.80. The number of halogens is 2. The largest absolute Gasteiger partial charge is 0.394 e. The number of aryl methyl sites for hydroxylation is 1. The molecular formula is C24H21F2N7O3S. The monoisotopic (exact) mass is 525 g/mol. The molecule has 190 valence electrons. The summed E-state index contributed by atoms with van der Waals surface area (Å²) in [5.74, 6) is -0.979. The summed E-state index contributed by atoms with van der Waals surface area (Å²) in [5.41, 5.74) is 2.12. The molecule has 1 saturated heterocycles. The van der Waals surface area contributed by atoms with Gasteiger partial charge in [0.2, 0.25) is 0 Å². The summed E-state index contributed by atoms with van der Waals surface area (Å²) < 4.78 is 37.5. The van der Waals surface area contributed by atoms with Crippen molar-refractivity contribution in [1.29, 1.82) is 0 Å². The fourth-order valence-electron chi connectivity index (χ4n) is 4.64. The third-order valence-corrected chi connectivity index (χ3v) is 7.28. The van der Waals surface area contributed by atoms with Gasteiger partial charge in [-0.15, -0.1) is 16.4 Å². The van der Waals surface area contributed by atoms with E-state index in [0.29, 0.717) is 5.82 Å². The molecule has 0 saturated carbocycles. The lowest BCUT2D eigenvalue weighted by Crippen LogP contribution is -2.45. The van der Waals surface area contributed by atoms with Crippen LogP contribution in [0.2, 0.25) is 0 Å². The van der Waals surface area contributed by atoms with E-state index in [1.165, 1.54) is 17.2 Å². The normalized spacial score (nSPS) is 22.1. The number of benzene rings is 2. The third-order valence-electron chi connectivity index (χ3n) is 6.34. The number of fused-ring (bicyclic) bond motifs is 1. The van der Waals surface area contributed by atoms with Crippen LogP contribution < -0.4 is 0 Å². The van der Waals surface area contributed by atoms with Gasteiger partial charge in [-0.05, 0) is 37.3 Å². The number of rotatable bonds is 5. The summed E-state index contributed by atoms with van der Waals surface area (Å²) in [6.45, 7) is 1.51. The van der Waals surface area contributed by atoms with E-state index in [1.54, 1.807) is 16.0 Å². The molecule has 1 aliphatic rings. The van der Waals surface area contributed by atoms with Gasteiger partial charge in [-0.2, -0.15) is 5.10 Å². The lowest BCUT2D eigenvalue weighted by molar-refractivity contribution is -0.161. The number of aliphatic hydroxyl groups excluding tert-OH is 2. The molecule has 37 heavy (non-hydrogen) atoms. The number of nitrogens with zero attached hydrogens (tertiary/aromatic N) is 7. The number of aliphatic hydroxyl groups is 2. The van der Waals surface area contributed by atoms with Crippen molar-refractivity contribution < 1.29 is 23.7 Å². The molecule has 1 aliphatic heterocycles. The van der Waals surface area contributed by atoms with Gasteiger partial charge in [0, 0.05) is 18.1 Å². The molecule has 6 rings (SSSR count). The van der Waals surface area contributed by atoms with Gasteiger partial charge in [-0.25, -0.2) is 28.1 Å². The SMILES string of the molecule is Cc1nc2ccc(-n3ncnc3[C@H]3C[C@@H](n4cc(-c5cc(F)cc(F)c5)nn4)[C@@H](O)[C@@H](CO)O3)cc2s1. The Hall–Kier alpha value is -3.65. The van der Waals surface area contributed by atoms with Gasteiger partial charge in [-0.1, -0.05) is 5.21 Å². The Morgan fingerprint density at radius 1 is 1.16 bits per heavy atom. The third kappa shape index (κ3) is 4.39. The fourth-order valence-corrected chi connectivity index (χ4v) is 5.50. The van der Waals surface area contributed by atoms with E-state index in [2.05, 4.69) is 25.4 Å². The average molecular weight is 526 g/mol. The molecule has 0 bridgehead atoms. The van der Waals surface area contributed by atoms with Crippen LogP contribution in [0.4, 0.5) is 8.78 Å². The van der Waals surface area contributed by atoms with Crippen molar-refractivity contribution in [2.24, 2.45) is 0 Å². The summed E-state index contributed by atoms with van der Waals surface area (Å²) in [7, 11) is 0. The van der Waals surface area contributed by atoms with Gasteiger partial charge in [0.1, 0.15) is 42.0 Å². The van der Waals surface area contributed by atoms with Gasteiger partial charge in [0.25, 0.3) is 0 Å². The predicted molar refractivity (Wildman–Crippen MR) is 129 cm³/mol. The zero-order chi connectivity index (χ0) is 25.7. The highest BCUT2D eigenvalue weighted by atomic mass is 32.1. The van der Waals surface area contributed by atoms with Crippen molar-refractivity contribution >= 4 is 21.6 Å². The minimum Gasteiger partial charge on any atom is -0.394 e. The Labute approximate surface area is 212 Å². The van der Waals surface area contributed by atoms with Crippen molar-refractivity contribution in [2.75, 3.05) is 6.61 Å². The summed E-state index contributed by atoms with van der Waals surface area (Å²) in [4.78, 5) is 8.91. The molecule has 4 atom stereocenters. The van der Waals surface area contributed by atoms with Crippen molar-refractivity contribution in [3.05, 3.63) is 71.4 Å². The van der Waals surface area contributed by atoms with Crippen LogP contribution in [0.3, 0.4) is 0 Å². The topological polar surface area (TPSA) is 124 Å². The van der Waals surface area contributed by atoms with Crippen LogP contribution in [0, 0.1) is 18.6 Å². The maximum Gasteiger partial charge on any atom is 0.161 e. The Morgan fingerprint density at radius 3 is 2.76 bits per heavy atom. The zero-order valence-electron chi connectivity index (χ0n) is 19.4. The molecule has 0 unspecified atom stereocenters. The Balaban J connectivity index is 1.33. The van der Waals surface area contributed by atoms with Gasteiger partial charge in [0.05, 0.1) is 39.8 Å². The van der Waals surface area contributed by atoms with Gasteiger partial charge < -0.3 is 14.9 Å². The van der Waals surface area contributed by atoms with Crippen LogP contribution in [0.25, 0.3) is 27.2 Å². The van der Waals surface area contributed by atoms with Crippen LogP contribution >= 0.6 is 11.3 Å². The molecule has 0 spiro atoms. The number of thiazole rings is 1. The van der Waals surface area contributed by atoms with E-state index in [4.69, 9.17) is 4.74 Å². The highest BCUT2D eigenvalue weighted by Crippen LogP contribution is 2.38. The lowest BCUT2D eigenvalue weighted by atomic mass is 9.95. The number of aromatic nitrogens is 7. The van der Waals surface area contributed by atoms with Gasteiger partial charge >= 0.3 is 0 Å². The standard InChI is InChI=1S/C24H21F2N7O3S/c1-12-29-17-3-2-16(7-22(17)37-12)33-24(27-11-28-33)20-8-19(23(35)21(10-34)36-20)32-9-18(30-31-32)13-4-14(25)6-15(26)5-13/h2-7,9,11,19-21,23,34-35H,8,10H2,1H3/t19-,20-,21-,23-/m1/s1. The molecule has 2 N–H and O–H groups in total. The smallest absolute Gasteiger partial charge is 0.161 e. The highest BCUT2D eigenvalue weighted by molar-refractivity contribution is 7.18. The quantitative estimate of drug-likeness (QED) is 0.359. The molecule has 0 amide bonds. The van der Waals surface area contributed by atoms with Crippen LogP contribution in [0.1, 0.15) is 29.4 Å². The zero-order valence-corrected chi connectivity index (χ0v) is 20.3. The van der Waals surface area contributed by atoms with Crippen LogP contribution in [-0.4, -0.2) is 63.8 Å². The maximum atomic E-state index is 13.7. The van der Waals surface area contributed by atoms with Gasteiger partial charge in [-0.3, -0.25) is 0 Å². The van der Waals surface area contributed by atoms with Crippen LogP contribution in [0.5, 0.6) is 0 Å². The van der Waals surface area contributed by atoms with E-state index in [1.807, 2.05) is 25.1 Å². The Morgan fingerprint density at radius 2 is 1.97 bits per heavy atom. The maximum absolute atomic E-state index is 13.7. The molecule has 13 heteroatoms. The molecule has 5 aromatic rings. The summed E-state index contributed by atoms with van der Waals surface area (Å²) in [6.07, 6.45) is 0.460. The van der Waals surface area contributed by atoms with E-state index in [0.717, 1.165) is 39.1 Å². The molecule has 2 aromatic carbocycles. The summed E-state index contributed by atoms with van der Waals surface area (Å²) >= 11 is 1.57. The Bertz CT molecular complexity index is 1570. The van der Waals surface area contributed by atoms with Crippen molar-refractivity contribution in [2.45, 2.75) is 37.7 Å². The first kappa shape index (κ1) is 23.7. The minimum absolute atomic E-state index is 0.217. The molecule has 3 aromatic heterocycles. The highest BCUT2D eigenvalue weighted by Gasteiger charge is 2.41. The first-order chi connectivity index (χ1) is 17.9. The van der Waals surface area contributed by atoms with E-state index >= 15 is 0 Å². The minimum atomic E-state index is -1.12. The molecular weight excluding hydrogens is 504 g/mol. The molecule has 4 heterocycles. The van der Waals surface area contributed by atoms with E-state index in [-0.39, 0.29) is 17.7 Å². The second-order valence-corrected chi connectivity index (χ2v) is 10.0. The second kappa shape index (κ2) is 9.34. The summed E-state index contributed by atoms with van der Waals surface area (Å²) in [5, 5.41) is 34.3. The first-order valence-corrected chi connectivity index (χ1v) is 12.3. The first-order valence-electron chi connectivity index (χ1n) is 11.5. The van der Waals surface area contributed by atoms with Crippen LogP contribution in [-0.2, 0) is 4.74 Å². The van der Waals surface area contributed by atoms with Crippen molar-refractivity contribution in [1.82, 2.24) is 34.7 Å². The molecule has 0 aliphatic carbocycles. The van der Waals surface area contributed by atoms with Crippen LogP contribution in [0.15, 0.2) is 48.9 Å². The summed E-state index contributed by atoms with van der Waals surface area (Å²) in [6, 6.07) is 8.20. The molecule has 1 fully saturated rings. The van der Waals surface area contributed by atoms with Crippen molar-refractivity contribution in [3.63, 3.8) is 0 Å². The van der Waals surface area contributed by atoms with E-state index in [9.17, 15) is 19.0 Å².